The molecule has 4 nitrogen and oxygen atoms in total. The third kappa shape index (κ3) is 2.11. The molecule has 1 heterocycles. The minimum atomic E-state index is -0.895. The molecule has 96 valence electrons. The van der Waals surface area contributed by atoms with Gasteiger partial charge in [-0.25, -0.2) is 4.79 Å². The Labute approximate surface area is 106 Å². The van der Waals surface area contributed by atoms with Crippen LogP contribution in [0.4, 0.5) is 0 Å². The minimum Gasteiger partial charge on any atom is -0.478 e. The number of rotatable bonds is 4. The molecule has 0 fully saturated rings. The van der Waals surface area contributed by atoms with Gasteiger partial charge in [0, 0.05) is 23.1 Å². The van der Waals surface area contributed by atoms with E-state index in [1.807, 2.05) is 6.07 Å². The quantitative estimate of drug-likeness (QED) is 0.870. The molecule has 0 aliphatic rings. The minimum absolute atomic E-state index is 0.322. The number of benzene rings is 1. The molecule has 0 bridgehead atoms. The number of fused-ring (bicyclic) bond motifs is 1. The van der Waals surface area contributed by atoms with E-state index in [-0.39, 0.29) is 0 Å². The van der Waals surface area contributed by atoms with Gasteiger partial charge in [0.05, 0.1) is 5.56 Å². The summed E-state index contributed by atoms with van der Waals surface area (Å²) in [7, 11) is 0. The lowest BCUT2D eigenvalue weighted by Crippen LogP contribution is -2.02. The van der Waals surface area contributed by atoms with Gasteiger partial charge in [0.25, 0.3) is 0 Å². The Balaban J connectivity index is 2.67. The third-order valence-corrected chi connectivity index (χ3v) is 3.13. The Morgan fingerprint density at radius 1 is 1.44 bits per heavy atom. The summed E-state index contributed by atoms with van der Waals surface area (Å²) in [6.45, 7) is 4.78. The molecule has 0 saturated carbocycles. The molecule has 0 unspecified atom stereocenters. The summed E-state index contributed by atoms with van der Waals surface area (Å²) in [5, 5.41) is 10.0. The lowest BCUT2D eigenvalue weighted by atomic mass is 10.1. The number of nitrogens with zero attached hydrogens (tertiary/aromatic N) is 1. The van der Waals surface area contributed by atoms with E-state index in [1.54, 1.807) is 12.1 Å². The van der Waals surface area contributed by atoms with E-state index in [4.69, 9.17) is 10.8 Å². The first kappa shape index (κ1) is 12.6. The lowest BCUT2D eigenvalue weighted by molar-refractivity contribution is 0.0697. The van der Waals surface area contributed by atoms with Crippen LogP contribution in [0.15, 0.2) is 24.4 Å². The first-order valence-corrected chi connectivity index (χ1v) is 6.11. The van der Waals surface area contributed by atoms with Crippen LogP contribution >= 0.6 is 0 Å². The fourth-order valence-corrected chi connectivity index (χ4v) is 2.24. The van der Waals surface area contributed by atoms with E-state index in [1.165, 1.54) is 0 Å². The summed E-state index contributed by atoms with van der Waals surface area (Å²) in [5.74, 6) is -0.895. The fraction of sp³-hybridized carbons (Fsp3) is 0.357. The molecule has 2 rings (SSSR count). The number of carbonyl (C=O) groups is 1. The van der Waals surface area contributed by atoms with Crippen LogP contribution in [0.2, 0.25) is 0 Å². The van der Waals surface area contributed by atoms with Crippen molar-refractivity contribution in [3.63, 3.8) is 0 Å². The van der Waals surface area contributed by atoms with Crippen LogP contribution in [-0.2, 0) is 6.42 Å². The van der Waals surface area contributed by atoms with Crippen molar-refractivity contribution in [2.75, 3.05) is 6.54 Å². The van der Waals surface area contributed by atoms with Gasteiger partial charge < -0.3 is 15.4 Å². The van der Waals surface area contributed by atoms with Gasteiger partial charge in [-0.3, -0.25) is 0 Å². The smallest absolute Gasteiger partial charge is 0.335 e. The van der Waals surface area contributed by atoms with Crippen molar-refractivity contribution in [3.05, 3.63) is 35.5 Å². The standard InChI is InChI=1S/C14H18N2O2/c1-9(2)16-8-11(5-6-15)12-7-10(14(17)18)3-4-13(12)16/h3-4,7-9H,5-6,15H2,1-2H3,(H,17,18). The second-order valence-electron chi connectivity index (χ2n) is 4.73. The molecule has 0 amide bonds. The van der Waals surface area contributed by atoms with Gasteiger partial charge in [-0.1, -0.05) is 0 Å². The van der Waals surface area contributed by atoms with Gasteiger partial charge >= 0.3 is 5.97 Å². The van der Waals surface area contributed by atoms with Crippen molar-refractivity contribution >= 4 is 16.9 Å². The van der Waals surface area contributed by atoms with Gasteiger partial charge in [0.2, 0.25) is 0 Å². The van der Waals surface area contributed by atoms with Crippen LogP contribution in [-0.4, -0.2) is 22.2 Å². The summed E-state index contributed by atoms with van der Waals surface area (Å²) in [6, 6.07) is 5.60. The number of nitrogens with two attached hydrogens (primary N) is 1. The molecule has 0 aliphatic heterocycles. The second-order valence-corrected chi connectivity index (χ2v) is 4.73. The van der Waals surface area contributed by atoms with Crippen molar-refractivity contribution in [1.29, 1.82) is 0 Å². The largest absolute Gasteiger partial charge is 0.478 e. The lowest BCUT2D eigenvalue weighted by Gasteiger charge is -2.08. The summed E-state index contributed by atoms with van der Waals surface area (Å²) in [6.07, 6.45) is 2.84. The zero-order valence-electron chi connectivity index (χ0n) is 10.7. The number of hydrogen-bond donors (Lipinski definition) is 2. The average Bonchev–Trinajstić information content (AvgIpc) is 2.68. The van der Waals surface area contributed by atoms with Crippen molar-refractivity contribution < 1.29 is 9.90 Å². The van der Waals surface area contributed by atoms with Gasteiger partial charge in [0.15, 0.2) is 0 Å². The zero-order chi connectivity index (χ0) is 13.3. The molecular formula is C14H18N2O2. The number of hydrogen-bond acceptors (Lipinski definition) is 2. The maximum absolute atomic E-state index is 11.0. The Morgan fingerprint density at radius 2 is 2.17 bits per heavy atom. The highest BCUT2D eigenvalue weighted by atomic mass is 16.4. The van der Waals surface area contributed by atoms with Crippen molar-refractivity contribution in [2.45, 2.75) is 26.3 Å². The number of carboxylic acid groups (broad SMARTS) is 1. The molecule has 0 saturated heterocycles. The average molecular weight is 246 g/mol. The zero-order valence-corrected chi connectivity index (χ0v) is 10.7. The molecule has 1 aromatic carbocycles. The molecule has 3 N–H and O–H groups in total. The fourth-order valence-electron chi connectivity index (χ4n) is 2.24. The SMILES string of the molecule is CC(C)n1cc(CCN)c2cc(C(=O)O)ccc21. The Hall–Kier alpha value is -1.81. The third-order valence-electron chi connectivity index (χ3n) is 3.13. The van der Waals surface area contributed by atoms with E-state index in [0.29, 0.717) is 18.2 Å². The maximum Gasteiger partial charge on any atom is 0.335 e. The summed E-state index contributed by atoms with van der Waals surface area (Å²) < 4.78 is 2.16. The molecule has 2 aromatic rings. The molecular weight excluding hydrogens is 228 g/mol. The van der Waals surface area contributed by atoms with Gasteiger partial charge in [-0.15, -0.1) is 0 Å². The van der Waals surface area contributed by atoms with E-state index in [2.05, 4.69) is 24.6 Å². The molecule has 1 aromatic heterocycles. The molecule has 0 atom stereocenters. The van der Waals surface area contributed by atoms with Crippen LogP contribution in [0, 0.1) is 0 Å². The Kier molecular flexibility index (Phi) is 3.39. The predicted molar refractivity (Wildman–Crippen MR) is 72.0 cm³/mol. The van der Waals surface area contributed by atoms with Crippen LogP contribution in [0.3, 0.4) is 0 Å². The van der Waals surface area contributed by atoms with E-state index < -0.39 is 5.97 Å². The molecule has 0 aliphatic carbocycles. The second kappa shape index (κ2) is 4.82. The van der Waals surface area contributed by atoms with Crippen LogP contribution < -0.4 is 5.73 Å². The number of carboxylic acids is 1. The van der Waals surface area contributed by atoms with Crippen LogP contribution in [0.5, 0.6) is 0 Å². The van der Waals surface area contributed by atoms with Crippen LogP contribution in [0.1, 0.15) is 35.8 Å². The normalized spacial score (nSPS) is 11.3. The van der Waals surface area contributed by atoms with Gasteiger partial charge in [-0.05, 0) is 50.6 Å². The van der Waals surface area contributed by atoms with E-state index in [0.717, 1.165) is 22.9 Å². The Morgan fingerprint density at radius 3 is 2.72 bits per heavy atom. The summed E-state index contributed by atoms with van der Waals surface area (Å²) in [5.41, 5.74) is 8.11. The Bertz CT molecular complexity index is 585. The van der Waals surface area contributed by atoms with Gasteiger partial charge in [-0.2, -0.15) is 0 Å². The highest BCUT2D eigenvalue weighted by Gasteiger charge is 2.12. The highest BCUT2D eigenvalue weighted by molar-refractivity contribution is 5.95. The number of aromatic nitrogens is 1. The molecule has 0 radical (unpaired) electrons. The number of aromatic carboxylic acids is 1. The summed E-state index contributed by atoms with van der Waals surface area (Å²) in [4.78, 5) is 11.0. The molecule has 4 heteroatoms. The van der Waals surface area contributed by atoms with E-state index in [9.17, 15) is 4.79 Å². The molecule has 0 spiro atoms. The van der Waals surface area contributed by atoms with Crippen LogP contribution in [0.25, 0.3) is 10.9 Å². The maximum atomic E-state index is 11.0. The predicted octanol–water partition coefficient (Wildman–Crippen LogP) is 2.42. The summed E-state index contributed by atoms with van der Waals surface area (Å²) >= 11 is 0. The highest BCUT2D eigenvalue weighted by Crippen LogP contribution is 2.26. The van der Waals surface area contributed by atoms with Crippen molar-refractivity contribution in [2.24, 2.45) is 5.73 Å². The monoisotopic (exact) mass is 246 g/mol. The molecule has 18 heavy (non-hydrogen) atoms. The first-order valence-electron chi connectivity index (χ1n) is 6.11. The first-order chi connectivity index (χ1) is 8.54. The van der Waals surface area contributed by atoms with Gasteiger partial charge in [0.1, 0.15) is 0 Å². The van der Waals surface area contributed by atoms with E-state index >= 15 is 0 Å². The van der Waals surface area contributed by atoms with Crippen molar-refractivity contribution in [3.8, 4) is 0 Å². The van der Waals surface area contributed by atoms with Crippen molar-refractivity contribution in [1.82, 2.24) is 4.57 Å². The topological polar surface area (TPSA) is 68.2 Å².